The Labute approximate surface area is 210 Å². The van der Waals surface area contributed by atoms with E-state index in [2.05, 4.69) is 55.4 Å². The van der Waals surface area contributed by atoms with E-state index in [-0.39, 0.29) is 17.5 Å². The fraction of sp³-hybridized carbons (Fsp3) is 0.906. The Bertz CT molecular complexity index is 899. The molecule has 0 spiro atoms. The van der Waals surface area contributed by atoms with Gasteiger partial charge in [-0.1, -0.05) is 66.5 Å². The molecule has 5 aliphatic carbocycles. The van der Waals surface area contributed by atoms with Gasteiger partial charge in [0.1, 0.15) is 6.10 Å². The number of hydrogen-bond acceptors (Lipinski definition) is 2. The summed E-state index contributed by atoms with van der Waals surface area (Å²) in [7, 11) is 0. The van der Waals surface area contributed by atoms with Gasteiger partial charge in [0.2, 0.25) is 0 Å². The number of esters is 1. The third kappa shape index (κ3) is 3.08. The van der Waals surface area contributed by atoms with Crippen molar-refractivity contribution in [3.8, 4) is 0 Å². The molecule has 5 rings (SSSR count). The molecule has 4 saturated carbocycles. The summed E-state index contributed by atoms with van der Waals surface area (Å²) in [6.45, 7) is 22.1. The molecular formula is C32H52O2. The van der Waals surface area contributed by atoms with E-state index in [0.29, 0.717) is 27.6 Å². The van der Waals surface area contributed by atoms with E-state index in [9.17, 15) is 4.79 Å². The number of rotatable bonds is 1. The van der Waals surface area contributed by atoms with Crippen molar-refractivity contribution in [1.82, 2.24) is 0 Å². The summed E-state index contributed by atoms with van der Waals surface area (Å²) < 4.78 is 5.91. The van der Waals surface area contributed by atoms with E-state index in [0.717, 1.165) is 24.2 Å². The summed E-state index contributed by atoms with van der Waals surface area (Å²) in [5, 5.41) is 0. The standard InChI is InChI=1S/C32H52O2/c1-20-12-15-29(6)18-19-31(8)23(27(29)21(20)2)10-11-25-30(7)16-14-26(34-22(3)33)28(4,5)24(30)13-17-32(25,31)9/h20-21,24-26H,10-19H2,1-9H3/t20-,21+,24?,25?,26?,29-,30+,31-,32-/m1/s1. The van der Waals surface area contributed by atoms with Crippen LogP contribution < -0.4 is 0 Å². The maximum absolute atomic E-state index is 11.9. The number of carbonyl (C=O) groups is 1. The summed E-state index contributed by atoms with van der Waals surface area (Å²) in [6, 6.07) is 0. The topological polar surface area (TPSA) is 26.3 Å². The largest absolute Gasteiger partial charge is 0.462 e. The minimum absolute atomic E-state index is 0.0537. The zero-order valence-electron chi connectivity index (χ0n) is 23.8. The first-order valence-corrected chi connectivity index (χ1v) is 14.6. The smallest absolute Gasteiger partial charge is 0.302 e. The maximum Gasteiger partial charge on any atom is 0.302 e. The van der Waals surface area contributed by atoms with Crippen LogP contribution in [0.25, 0.3) is 0 Å². The number of ether oxygens (including phenoxy) is 1. The molecule has 0 amide bonds. The SMILES string of the molecule is CC(=O)OC1CC[C@@]2(C)C(CC[C@]3(C)C2CCC2=C4[C@@H](C)[C@H](C)CC[C@]4(C)CC[C@]23C)C1(C)C. The number of hydrogen-bond donors (Lipinski definition) is 0. The van der Waals surface area contributed by atoms with Crippen LogP contribution in [-0.4, -0.2) is 12.1 Å². The predicted molar refractivity (Wildman–Crippen MR) is 140 cm³/mol. The van der Waals surface area contributed by atoms with Crippen molar-refractivity contribution in [2.45, 2.75) is 133 Å². The summed E-state index contributed by atoms with van der Waals surface area (Å²) in [6.07, 6.45) is 13.2. The fourth-order valence-corrected chi connectivity index (χ4v) is 11.2. The van der Waals surface area contributed by atoms with Gasteiger partial charge in [-0.2, -0.15) is 0 Å². The maximum atomic E-state index is 11.9. The van der Waals surface area contributed by atoms with Gasteiger partial charge in [0.15, 0.2) is 0 Å². The molecule has 5 aliphatic rings. The second kappa shape index (κ2) is 7.61. The summed E-state index contributed by atoms with van der Waals surface area (Å²) in [4.78, 5) is 11.9. The van der Waals surface area contributed by atoms with Crippen LogP contribution in [0.2, 0.25) is 0 Å². The van der Waals surface area contributed by atoms with Gasteiger partial charge in [0.05, 0.1) is 0 Å². The number of fused-ring (bicyclic) bond motifs is 6. The first-order chi connectivity index (χ1) is 15.7. The van der Waals surface area contributed by atoms with E-state index in [1.165, 1.54) is 57.8 Å². The molecule has 2 heteroatoms. The Kier molecular flexibility index (Phi) is 5.57. The molecule has 0 radical (unpaired) electrons. The van der Waals surface area contributed by atoms with Gasteiger partial charge in [-0.15, -0.1) is 0 Å². The van der Waals surface area contributed by atoms with E-state index in [4.69, 9.17) is 4.74 Å². The van der Waals surface area contributed by atoms with Gasteiger partial charge in [-0.3, -0.25) is 4.79 Å². The molecule has 0 heterocycles. The fourth-order valence-electron chi connectivity index (χ4n) is 11.2. The molecular weight excluding hydrogens is 416 g/mol. The molecule has 0 aromatic rings. The minimum atomic E-state index is -0.107. The Morgan fingerprint density at radius 2 is 1.53 bits per heavy atom. The molecule has 0 aromatic heterocycles. The summed E-state index contributed by atoms with van der Waals surface area (Å²) in [5.41, 5.74) is 5.40. The van der Waals surface area contributed by atoms with Crippen LogP contribution in [-0.2, 0) is 9.53 Å². The number of carbonyl (C=O) groups excluding carboxylic acids is 1. The zero-order chi connectivity index (χ0) is 24.9. The molecule has 0 saturated heterocycles. The molecule has 0 bridgehead atoms. The molecule has 2 nitrogen and oxygen atoms in total. The van der Waals surface area contributed by atoms with Crippen LogP contribution in [0.5, 0.6) is 0 Å². The Hall–Kier alpha value is -0.790. The first-order valence-electron chi connectivity index (χ1n) is 14.6. The van der Waals surface area contributed by atoms with Crippen molar-refractivity contribution in [3.63, 3.8) is 0 Å². The first kappa shape index (κ1) is 24.9. The molecule has 4 fully saturated rings. The molecule has 34 heavy (non-hydrogen) atoms. The quantitative estimate of drug-likeness (QED) is 0.284. The monoisotopic (exact) mass is 468 g/mol. The zero-order valence-corrected chi connectivity index (χ0v) is 23.8. The van der Waals surface area contributed by atoms with Crippen LogP contribution in [0.15, 0.2) is 11.1 Å². The van der Waals surface area contributed by atoms with E-state index >= 15 is 0 Å². The average molecular weight is 469 g/mol. The lowest BCUT2D eigenvalue weighted by atomic mass is 9.34. The lowest BCUT2D eigenvalue weighted by Crippen LogP contribution is -2.64. The van der Waals surface area contributed by atoms with Crippen LogP contribution in [0.3, 0.4) is 0 Å². The minimum Gasteiger partial charge on any atom is -0.462 e. The van der Waals surface area contributed by atoms with Gasteiger partial charge in [0.25, 0.3) is 0 Å². The Balaban J connectivity index is 1.55. The van der Waals surface area contributed by atoms with Gasteiger partial charge >= 0.3 is 5.97 Å². The van der Waals surface area contributed by atoms with Crippen LogP contribution >= 0.6 is 0 Å². The van der Waals surface area contributed by atoms with Gasteiger partial charge in [-0.25, -0.2) is 0 Å². The third-order valence-electron chi connectivity index (χ3n) is 13.5. The van der Waals surface area contributed by atoms with E-state index in [1.54, 1.807) is 6.92 Å². The third-order valence-corrected chi connectivity index (χ3v) is 13.5. The van der Waals surface area contributed by atoms with Gasteiger partial charge in [-0.05, 0) is 110 Å². The molecule has 0 aliphatic heterocycles. The molecule has 9 atom stereocenters. The van der Waals surface area contributed by atoms with Gasteiger partial charge < -0.3 is 4.74 Å². The molecule has 3 unspecified atom stereocenters. The number of allylic oxidation sites excluding steroid dienone is 2. The highest BCUT2D eigenvalue weighted by Gasteiger charge is 2.67. The summed E-state index contributed by atoms with van der Waals surface area (Å²) in [5.74, 6) is 2.88. The second-order valence-corrected chi connectivity index (χ2v) is 15.2. The highest BCUT2D eigenvalue weighted by molar-refractivity contribution is 5.66. The van der Waals surface area contributed by atoms with E-state index < -0.39 is 0 Å². The van der Waals surface area contributed by atoms with Crippen LogP contribution in [0, 0.1) is 50.7 Å². The molecule has 0 aromatic carbocycles. The lowest BCUT2D eigenvalue weighted by Gasteiger charge is -2.71. The normalized spacial score (nSPS) is 52.1. The summed E-state index contributed by atoms with van der Waals surface area (Å²) >= 11 is 0. The molecule has 0 N–H and O–H groups in total. The predicted octanol–water partition coefficient (Wildman–Crippen LogP) is 8.74. The Morgan fingerprint density at radius 3 is 2.21 bits per heavy atom. The van der Waals surface area contributed by atoms with Crippen molar-refractivity contribution in [1.29, 1.82) is 0 Å². The lowest BCUT2D eigenvalue weighted by molar-refractivity contribution is -0.213. The van der Waals surface area contributed by atoms with Crippen LogP contribution in [0.4, 0.5) is 0 Å². The van der Waals surface area contributed by atoms with Crippen molar-refractivity contribution in [3.05, 3.63) is 11.1 Å². The molecule has 192 valence electrons. The highest BCUT2D eigenvalue weighted by atomic mass is 16.5. The van der Waals surface area contributed by atoms with Crippen molar-refractivity contribution < 1.29 is 9.53 Å². The van der Waals surface area contributed by atoms with E-state index in [1.807, 2.05) is 11.1 Å². The average Bonchev–Trinajstić information content (AvgIpc) is 2.74. The Morgan fingerprint density at radius 1 is 0.824 bits per heavy atom. The van der Waals surface area contributed by atoms with Crippen molar-refractivity contribution in [2.24, 2.45) is 50.7 Å². The van der Waals surface area contributed by atoms with Crippen molar-refractivity contribution in [2.75, 3.05) is 0 Å². The van der Waals surface area contributed by atoms with Crippen molar-refractivity contribution >= 4 is 5.97 Å². The van der Waals surface area contributed by atoms with Gasteiger partial charge in [0, 0.05) is 12.3 Å². The van der Waals surface area contributed by atoms with Crippen LogP contribution in [0.1, 0.15) is 127 Å². The second-order valence-electron chi connectivity index (χ2n) is 15.2. The highest BCUT2D eigenvalue weighted by Crippen LogP contribution is 2.75.